The SMILES string of the molecule is OC=CCc1ccc(S)cc1. The Morgan fingerprint density at radius 2 is 1.91 bits per heavy atom. The third-order valence-corrected chi connectivity index (χ3v) is 1.69. The second-order valence-corrected chi connectivity index (χ2v) is 2.77. The van der Waals surface area contributed by atoms with E-state index in [1.54, 1.807) is 6.08 Å². The largest absolute Gasteiger partial charge is 0.516 e. The number of allylic oxidation sites excluding steroid dienone is 1. The van der Waals surface area contributed by atoms with Crippen molar-refractivity contribution in [2.24, 2.45) is 0 Å². The summed E-state index contributed by atoms with van der Waals surface area (Å²) in [5.41, 5.74) is 1.17. The lowest BCUT2D eigenvalue weighted by Crippen LogP contribution is -1.78. The average Bonchev–Trinajstić information content (AvgIpc) is 2.04. The molecule has 0 bridgehead atoms. The molecule has 0 aliphatic heterocycles. The first-order chi connectivity index (χ1) is 5.33. The molecule has 0 heterocycles. The van der Waals surface area contributed by atoms with Gasteiger partial charge in [-0.1, -0.05) is 12.1 Å². The van der Waals surface area contributed by atoms with Crippen molar-refractivity contribution in [3.8, 4) is 0 Å². The molecule has 11 heavy (non-hydrogen) atoms. The minimum atomic E-state index is 0.768. The number of thiol groups is 1. The molecule has 0 saturated carbocycles. The van der Waals surface area contributed by atoms with Gasteiger partial charge in [0.15, 0.2) is 0 Å². The van der Waals surface area contributed by atoms with E-state index in [0.29, 0.717) is 0 Å². The Balaban J connectivity index is 2.66. The van der Waals surface area contributed by atoms with Crippen LogP contribution in [0.3, 0.4) is 0 Å². The zero-order valence-corrected chi connectivity index (χ0v) is 6.96. The minimum Gasteiger partial charge on any atom is -0.516 e. The van der Waals surface area contributed by atoms with Gasteiger partial charge in [0.25, 0.3) is 0 Å². The van der Waals surface area contributed by atoms with Gasteiger partial charge in [0, 0.05) is 4.90 Å². The van der Waals surface area contributed by atoms with Crippen LogP contribution < -0.4 is 0 Å². The zero-order chi connectivity index (χ0) is 8.10. The topological polar surface area (TPSA) is 20.2 Å². The summed E-state index contributed by atoms with van der Waals surface area (Å²) in [5, 5.41) is 8.39. The molecule has 1 N–H and O–H groups in total. The van der Waals surface area contributed by atoms with Gasteiger partial charge in [-0.25, -0.2) is 0 Å². The molecule has 0 fully saturated rings. The number of rotatable bonds is 2. The van der Waals surface area contributed by atoms with E-state index in [1.807, 2.05) is 24.3 Å². The van der Waals surface area contributed by atoms with Crippen LogP contribution in [0.5, 0.6) is 0 Å². The van der Waals surface area contributed by atoms with Gasteiger partial charge in [0.1, 0.15) is 0 Å². The molecule has 1 nitrogen and oxygen atoms in total. The molecule has 1 aromatic carbocycles. The Labute approximate surface area is 71.8 Å². The van der Waals surface area contributed by atoms with Crippen LogP contribution in [0.25, 0.3) is 0 Å². The third-order valence-electron chi connectivity index (χ3n) is 1.40. The van der Waals surface area contributed by atoms with E-state index in [2.05, 4.69) is 12.6 Å². The highest BCUT2D eigenvalue weighted by Crippen LogP contribution is 2.08. The van der Waals surface area contributed by atoms with E-state index in [0.717, 1.165) is 17.6 Å². The maximum atomic E-state index is 8.39. The summed E-state index contributed by atoms with van der Waals surface area (Å²) >= 11 is 4.16. The molecule has 0 spiro atoms. The van der Waals surface area contributed by atoms with Gasteiger partial charge in [0.05, 0.1) is 6.26 Å². The summed E-state index contributed by atoms with van der Waals surface area (Å²) in [6.45, 7) is 0. The van der Waals surface area contributed by atoms with Crippen molar-refractivity contribution in [1.29, 1.82) is 0 Å². The Hall–Kier alpha value is -0.890. The van der Waals surface area contributed by atoms with Gasteiger partial charge in [-0.05, 0) is 30.2 Å². The first kappa shape index (κ1) is 8.21. The first-order valence-electron chi connectivity index (χ1n) is 3.40. The van der Waals surface area contributed by atoms with Gasteiger partial charge >= 0.3 is 0 Å². The van der Waals surface area contributed by atoms with Crippen molar-refractivity contribution in [2.45, 2.75) is 11.3 Å². The Kier molecular flexibility index (Phi) is 3.05. The Morgan fingerprint density at radius 1 is 1.27 bits per heavy atom. The summed E-state index contributed by atoms with van der Waals surface area (Å²) in [5.74, 6) is 0. The van der Waals surface area contributed by atoms with E-state index >= 15 is 0 Å². The van der Waals surface area contributed by atoms with Crippen molar-refractivity contribution in [3.05, 3.63) is 42.2 Å². The average molecular weight is 166 g/mol. The molecular formula is C9H10OS. The second-order valence-electron chi connectivity index (χ2n) is 2.26. The lowest BCUT2D eigenvalue weighted by atomic mass is 10.1. The number of aliphatic hydroxyl groups is 1. The van der Waals surface area contributed by atoms with Crippen LogP contribution >= 0.6 is 12.6 Å². The number of aliphatic hydroxyl groups excluding tert-OH is 1. The molecule has 0 unspecified atom stereocenters. The Bertz CT molecular complexity index is 238. The van der Waals surface area contributed by atoms with E-state index in [9.17, 15) is 0 Å². The molecule has 0 aliphatic rings. The Morgan fingerprint density at radius 3 is 2.45 bits per heavy atom. The summed E-state index contributed by atoms with van der Waals surface area (Å²) in [7, 11) is 0. The van der Waals surface area contributed by atoms with Crippen LogP contribution in [0.1, 0.15) is 5.56 Å². The molecule has 1 rings (SSSR count). The molecule has 1 aromatic rings. The third kappa shape index (κ3) is 2.68. The lowest BCUT2D eigenvalue weighted by Gasteiger charge is -1.95. The van der Waals surface area contributed by atoms with Crippen LogP contribution in [-0.2, 0) is 6.42 Å². The second kappa shape index (κ2) is 4.09. The molecule has 58 valence electrons. The van der Waals surface area contributed by atoms with E-state index in [1.165, 1.54) is 5.56 Å². The van der Waals surface area contributed by atoms with Gasteiger partial charge in [-0.15, -0.1) is 12.6 Å². The molecule has 0 aromatic heterocycles. The molecule has 0 radical (unpaired) electrons. The number of hydrogen-bond donors (Lipinski definition) is 2. The highest BCUT2D eigenvalue weighted by molar-refractivity contribution is 7.80. The summed E-state index contributed by atoms with van der Waals surface area (Å²) in [6, 6.07) is 7.85. The molecule has 0 saturated heterocycles. The lowest BCUT2D eigenvalue weighted by molar-refractivity contribution is 0.471. The molecule has 0 aliphatic carbocycles. The normalized spacial score (nSPS) is 10.6. The maximum absolute atomic E-state index is 8.39. The quantitative estimate of drug-likeness (QED) is 0.511. The van der Waals surface area contributed by atoms with Crippen molar-refractivity contribution >= 4 is 12.6 Å². The molecule has 0 atom stereocenters. The fourth-order valence-electron chi connectivity index (χ4n) is 0.821. The van der Waals surface area contributed by atoms with Crippen molar-refractivity contribution in [3.63, 3.8) is 0 Å². The highest BCUT2D eigenvalue weighted by Gasteiger charge is 1.87. The monoisotopic (exact) mass is 166 g/mol. The standard InChI is InChI=1S/C9H10OS/c10-7-1-2-8-3-5-9(11)6-4-8/h1,3-7,10-11H,2H2. The number of benzene rings is 1. The maximum Gasteiger partial charge on any atom is 0.0755 e. The summed E-state index contributed by atoms with van der Waals surface area (Å²) in [6.07, 6.45) is 3.53. The number of hydrogen-bond acceptors (Lipinski definition) is 2. The first-order valence-corrected chi connectivity index (χ1v) is 3.85. The van der Waals surface area contributed by atoms with Gasteiger partial charge < -0.3 is 5.11 Å². The summed E-state index contributed by atoms with van der Waals surface area (Å²) < 4.78 is 0. The fraction of sp³-hybridized carbons (Fsp3) is 0.111. The van der Waals surface area contributed by atoms with Crippen LogP contribution in [0, 0.1) is 0 Å². The fourth-order valence-corrected chi connectivity index (χ4v) is 0.970. The van der Waals surface area contributed by atoms with Gasteiger partial charge in [-0.3, -0.25) is 0 Å². The van der Waals surface area contributed by atoms with Crippen molar-refractivity contribution in [1.82, 2.24) is 0 Å². The molecule has 2 heteroatoms. The van der Waals surface area contributed by atoms with Gasteiger partial charge in [-0.2, -0.15) is 0 Å². The van der Waals surface area contributed by atoms with Crippen LogP contribution in [0.2, 0.25) is 0 Å². The van der Waals surface area contributed by atoms with Gasteiger partial charge in [0.2, 0.25) is 0 Å². The molecule has 0 amide bonds. The van der Waals surface area contributed by atoms with Crippen molar-refractivity contribution < 1.29 is 5.11 Å². The minimum absolute atomic E-state index is 0.768. The van der Waals surface area contributed by atoms with Crippen LogP contribution in [0.4, 0.5) is 0 Å². The van der Waals surface area contributed by atoms with Crippen LogP contribution in [-0.4, -0.2) is 5.11 Å². The predicted molar refractivity (Wildman–Crippen MR) is 49.2 cm³/mol. The van der Waals surface area contributed by atoms with E-state index in [4.69, 9.17) is 5.11 Å². The van der Waals surface area contributed by atoms with E-state index in [-0.39, 0.29) is 0 Å². The predicted octanol–water partition coefficient (Wildman–Crippen LogP) is 2.59. The highest BCUT2D eigenvalue weighted by atomic mass is 32.1. The molecular weight excluding hydrogens is 156 g/mol. The smallest absolute Gasteiger partial charge is 0.0755 e. The zero-order valence-electron chi connectivity index (χ0n) is 6.07. The summed E-state index contributed by atoms with van der Waals surface area (Å²) in [4.78, 5) is 0.960. The van der Waals surface area contributed by atoms with Crippen LogP contribution in [0.15, 0.2) is 41.5 Å². The van der Waals surface area contributed by atoms with E-state index < -0.39 is 0 Å². The van der Waals surface area contributed by atoms with Crippen molar-refractivity contribution in [2.75, 3.05) is 0 Å².